The molecule has 5 aliphatic rings. The van der Waals surface area contributed by atoms with Crippen LogP contribution in [-0.2, 0) is 9.59 Å². The highest BCUT2D eigenvalue weighted by Crippen LogP contribution is 2.62. The van der Waals surface area contributed by atoms with Gasteiger partial charge in [-0.05, 0) is 92.4 Å². The standard InChI is InChI=1S/C26H32N2O6/c1-14(26-11-16-5-17(12-26)7-18(6-16)13-26)28-24(30)19(23(29)27-25(28)31)8-15-9-20(32-2)22(34-4)21(10-15)33-3/h8-10,14,16-18H,5-7,11-13H2,1-4H3,(H,27,29,31)/b19-8+/t14-,16?,17?,18?,26?/m1/s1. The predicted molar refractivity (Wildman–Crippen MR) is 125 cm³/mol. The molecule has 8 heteroatoms. The number of barbiturate groups is 1. The zero-order chi connectivity index (χ0) is 24.2. The van der Waals surface area contributed by atoms with Gasteiger partial charge in [0.2, 0.25) is 5.75 Å². The van der Waals surface area contributed by atoms with E-state index in [4.69, 9.17) is 14.2 Å². The highest BCUT2D eigenvalue weighted by Gasteiger charge is 2.56. The van der Waals surface area contributed by atoms with Crippen molar-refractivity contribution >= 4 is 23.9 Å². The third-order valence-electron chi connectivity index (χ3n) is 8.49. The van der Waals surface area contributed by atoms with E-state index in [0.717, 1.165) is 19.3 Å². The highest BCUT2D eigenvalue weighted by atomic mass is 16.5. The van der Waals surface area contributed by atoms with Gasteiger partial charge in [0.1, 0.15) is 5.57 Å². The molecule has 4 aliphatic carbocycles. The van der Waals surface area contributed by atoms with E-state index in [1.165, 1.54) is 51.6 Å². The van der Waals surface area contributed by atoms with Crippen molar-refractivity contribution in [2.24, 2.45) is 23.2 Å². The lowest BCUT2D eigenvalue weighted by atomic mass is 9.47. The van der Waals surface area contributed by atoms with Crippen LogP contribution in [0.5, 0.6) is 17.2 Å². The van der Waals surface area contributed by atoms with Crippen molar-refractivity contribution in [3.8, 4) is 17.2 Å². The first-order valence-electron chi connectivity index (χ1n) is 12.0. The van der Waals surface area contributed by atoms with Gasteiger partial charge in [-0.15, -0.1) is 0 Å². The minimum atomic E-state index is -0.697. The second-order valence-electron chi connectivity index (χ2n) is 10.4. The van der Waals surface area contributed by atoms with Gasteiger partial charge in [-0.1, -0.05) is 0 Å². The van der Waals surface area contributed by atoms with Crippen molar-refractivity contribution < 1.29 is 28.6 Å². The zero-order valence-corrected chi connectivity index (χ0v) is 20.2. The van der Waals surface area contributed by atoms with Crippen LogP contribution >= 0.6 is 0 Å². The number of hydrogen-bond donors (Lipinski definition) is 1. The number of carbonyl (C=O) groups excluding carboxylic acids is 3. The maximum absolute atomic E-state index is 13.6. The Hall–Kier alpha value is -3.03. The molecule has 5 fully saturated rings. The topological polar surface area (TPSA) is 94.2 Å². The fourth-order valence-corrected chi connectivity index (χ4v) is 7.34. The Kier molecular flexibility index (Phi) is 5.57. The van der Waals surface area contributed by atoms with E-state index in [0.29, 0.717) is 40.6 Å². The maximum atomic E-state index is 13.6. The molecular weight excluding hydrogens is 436 g/mol. The van der Waals surface area contributed by atoms with E-state index < -0.39 is 17.8 Å². The van der Waals surface area contributed by atoms with Crippen molar-refractivity contribution in [3.63, 3.8) is 0 Å². The molecule has 4 saturated carbocycles. The van der Waals surface area contributed by atoms with Gasteiger partial charge in [0.15, 0.2) is 11.5 Å². The molecule has 0 unspecified atom stereocenters. The summed E-state index contributed by atoms with van der Waals surface area (Å²) in [6, 6.07) is 2.43. The number of hydrogen-bond acceptors (Lipinski definition) is 6. The summed E-state index contributed by atoms with van der Waals surface area (Å²) in [6.07, 6.45) is 8.46. The van der Waals surface area contributed by atoms with Crippen LogP contribution in [0.4, 0.5) is 4.79 Å². The summed E-state index contributed by atoms with van der Waals surface area (Å²) in [5.41, 5.74) is 0.398. The number of rotatable bonds is 6. The van der Waals surface area contributed by atoms with Crippen LogP contribution < -0.4 is 19.5 Å². The molecule has 1 heterocycles. The molecular formula is C26H32N2O6. The summed E-state index contributed by atoms with van der Waals surface area (Å²) in [5.74, 6) is 2.05. The first-order valence-corrected chi connectivity index (χ1v) is 12.0. The molecule has 0 aromatic heterocycles. The monoisotopic (exact) mass is 468 g/mol. The first kappa shape index (κ1) is 22.7. The Morgan fingerprint density at radius 1 is 0.941 bits per heavy atom. The van der Waals surface area contributed by atoms with E-state index >= 15 is 0 Å². The second kappa shape index (κ2) is 8.32. The minimum absolute atomic E-state index is 0.0558. The Morgan fingerprint density at radius 2 is 1.47 bits per heavy atom. The Bertz CT molecular complexity index is 1020. The number of methoxy groups -OCH3 is 3. The molecule has 1 aromatic rings. The Morgan fingerprint density at radius 3 is 1.94 bits per heavy atom. The molecule has 1 saturated heterocycles. The van der Waals surface area contributed by atoms with Crippen molar-refractivity contribution in [1.82, 2.24) is 10.2 Å². The number of ether oxygens (including phenoxy) is 3. The number of imide groups is 2. The van der Waals surface area contributed by atoms with Gasteiger partial charge in [0.25, 0.3) is 11.8 Å². The SMILES string of the molecule is COc1cc(/C=C2\C(=O)NC(=O)N([C@H](C)C34CC5CC(CC(C5)C3)C4)C2=O)cc(OC)c1OC. The van der Waals surface area contributed by atoms with Gasteiger partial charge in [-0.3, -0.25) is 19.8 Å². The summed E-state index contributed by atoms with van der Waals surface area (Å²) >= 11 is 0. The first-order chi connectivity index (χ1) is 16.3. The van der Waals surface area contributed by atoms with E-state index in [1.807, 2.05) is 6.92 Å². The van der Waals surface area contributed by atoms with Crippen molar-refractivity contribution in [2.45, 2.75) is 51.5 Å². The van der Waals surface area contributed by atoms with Crippen molar-refractivity contribution in [1.29, 1.82) is 0 Å². The van der Waals surface area contributed by atoms with Crippen LogP contribution in [-0.4, -0.2) is 50.1 Å². The molecule has 0 radical (unpaired) electrons. The summed E-state index contributed by atoms with van der Waals surface area (Å²) in [4.78, 5) is 40.6. The lowest BCUT2D eigenvalue weighted by Crippen LogP contribution is -2.63. The number of amides is 4. The molecule has 6 rings (SSSR count). The van der Waals surface area contributed by atoms with Crippen LogP contribution in [0.15, 0.2) is 17.7 Å². The zero-order valence-electron chi connectivity index (χ0n) is 20.2. The molecule has 182 valence electrons. The predicted octanol–water partition coefficient (Wildman–Crippen LogP) is 3.78. The van der Waals surface area contributed by atoms with E-state index in [9.17, 15) is 14.4 Å². The van der Waals surface area contributed by atoms with Crippen LogP contribution in [0.1, 0.15) is 51.0 Å². The summed E-state index contributed by atoms with van der Waals surface area (Å²) in [7, 11) is 4.51. The van der Waals surface area contributed by atoms with Gasteiger partial charge in [0, 0.05) is 6.04 Å². The van der Waals surface area contributed by atoms with Crippen LogP contribution in [0.25, 0.3) is 6.08 Å². The number of carbonyl (C=O) groups is 3. The fourth-order valence-electron chi connectivity index (χ4n) is 7.34. The van der Waals surface area contributed by atoms with Gasteiger partial charge in [0.05, 0.1) is 21.3 Å². The third-order valence-corrected chi connectivity index (χ3v) is 8.49. The molecule has 1 N–H and O–H groups in total. The van der Waals surface area contributed by atoms with Crippen molar-refractivity contribution in [3.05, 3.63) is 23.3 Å². The van der Waals surface area contributed by atoms with Crippen LogP contribution in [0.2, 0.25) is 0 Å². The molecule has 34 heavy (non-hydrogen) atoms. The van der Waals surface area contributed by atoms with Crippen LogP contribution in [0.3, 0.4) is 0 Å². The van der Waals surface area contributed by atoms with E-state index in [1.54, 1.807) is 12.1 Å². The van der Waals surface area contributed by atoms with Gasteiger partial charge in [-0.25, -0.2) is 4.79 Å². The van der Waals surface area contributed by atoms with E-state index in [-0.39, 0.29) is 17.0 Å². The quantitative estimate of drug-likeness (QED) is 0.504. The molecule has 4 bridgehead atoms. The molecule has 4 amide bonds. The van der Waals surface area contributed by atoms with E-state index in [2.05, 4.69) is 5.32 Å². The highest BCUT2D eigenvalue weighted by molar-refractivity contribution is 6.31. The Balaban J connectivity index is 1.48. The molecule has 1 aliphatic heterocycles. The number of nitrogens with zero attached hydrogens (tertiary/aromatic N) is 1. The smallest absolute Gasteiger partial charge is 0.331 e. The average Bonchev–Trinajstić information content (AvgIpc) is 2.79. The summed E-state index contributed by atoms with van der Waals surface area (Å²) in [5, 5.41) is 2.39. The third kappa shape index (κ3) is 3.54. The minimum Gasteiger partial charge on any atom is -0.493 e. The lowest BCUT2D eigenvalue weighted by molar-refractivity contribution is -0.139. The van der Waals surface area contributed by atoms with Gasteiger partial charge in [-0.2, -0.15) is 0 Å². The van der Waals surface area contributed by atoms with Gasteiger partial charge >= 0.3 is 6.03 Å². The number of urea groups is 1. The molecule has 0 spiro atoms. The molecule has 1 aromatic carbocycles. The number of nitrogens with one attached hydrogen (secondary N) is 1. The summed E-state index contributed by atoms with van der Waals surface area (Å²) in [6.45, 7) is 1.98. The second-order valence-corrected chi connectivity index (χ2v) is 10.4. The summed E-state index contributed by atoms with van der Waals surface area (Å²) < 4.78 is 16.1. The largest absolute Gasteiger partial charge is 0.493 e. The fraction of sp³-hybridized carbons (Fsp3) is 0.577. The van der Waals surface area contributed by atoms with Crippen molar-refractivity contribution in [2.75, 3.05) is 21.3 Å². The normalized spacial score (nSPS) is 32.1. The average molecular weight is 469 g/mol. The molecule has 8 nitrogen and oxygen atoms in total. The lowest BCUT2D eigenvalue weighted by Gasteiger charge is -2.60. The van der Waals surface area contributed by atoms with Gasteiger partial charge < -0.3 is 14.2 Å². The Labute approximate surface area is 199 Å². The van der Waals surface area contributed by atoms with Crippen LogP contribution in [0, 0.1) is 23.2 Å². The molecule has 1 atom stereocenters. The maximum Gasteiger partial charge on any atom is 0.331 e. The number of benzene rings is 1.